The fraction of sp³-hybridized carbons (Fsp3) is 0.192. The second kappa shape index (κ2) is 9.66. The first-order chi connectivity index (χ1) is 16.4. The summed E-state index contributed by atoms with van der Waals surface area (Å²) in [5.74, 6) is 0.503. The van der Waals surface area contributed by atoms with Crippen molar-refractivity contribution >= 4 is 16.8 Å². The van der Waals surface area contributed by atoms with Gasteiger partial charge in [0, 0.05) is 12.6 Å². The van der Waals surface area contributed by atoms with Crippen molar-refractivity contribution in [3.8, 4) is 17.2 Å². The number of nitrogens with zero attached hydrogens (tertiary/aromatic N) is 2. The molecule has 0 saturated heterocycles. The number of hydrogen-bond donors (Lipinski definition) is 1. The van der Waals surface area contributed by atoms with Gasteiger partial charge in [0.25, 0.3) is 5.56 Å². The van der Waals surface area contributed by atoms with Gasteiger partial charge in [0.05, 0.1) is 30.8 Å². The Labute approximate surface area is 196 Å². The van der Waals surface area contributed by atoms with Gasteiger partial charge in [-0.05, 0) is 36.8 Å². The highest BCUT2D eigenvalue weighted by Gasteiger charge is 2.17. The number of fused-ring (bicyclic) bond motifs is 1. The van der Waals surface area contributed by atoms with Crippen molar-refractivity contribution in [1.29, 1.82) is 0 Å². The van der Waals surface area contributed by atoms with Crippen LogP contribution < -0.4 is 26.0 Å². The average molecular weight is 460 g/mol. The van der Waals surface area contributed by atoms with Crippen LogP contribution in [0.5, 0.6) is 11.5 Å². The van der Waals surface area contributed by atoms with Crippen molar-refractivity contribution in [2.45, 2.75) is 20.0 Å². The van der Waals surface area contributed by atoms with Gasteiger partial charge in [-0.25, -0.2) is 9.36 Å². The van der Waals surface area contributed by atoms with Crippen LogP contribution in [0.4, 0.5) is 0 Å². The van der Waals surface area contributed by atoms with Gasteiger partial charge in [-0.2, -0.15) is 0 Å². The molecule has 34 heavy (non-hydrogen) atoms. The van der Waals surface area contributed by atoms with E-state index in [-0.39, 0.29) is 12.5 Å². The first kappa shape index (κ1) is 22.8. The molecule has 4 rings (SSSR count). The molecular weight excluding hydrogens is 434 g/mol. The molecule has 0 aliphatic rings. The van der Waals surface area contributed by atoms with E-state index in [4.69, 9.17) is 9.47 Å². The Bertz CT molecular complexity index is 1470. The van der Waals surface area contributed by atoms with Gasteiger partial charge in [-0.1, -0.05) is 42.0 Å². The summed E-state index contributed by atoms with van der Waals surface area (Å²) in [6.07, 6.45) is 0. The van der Waals surface area contributed by atoms with Crippen molar-refractivity contribution in [2.75, 3.05) is 14.2 Å². The molecule has 1 heterocycles. The van der Waals surface area contributed by atoms with Gasteiger partial charge in [0.15, 0.2) is 11.5 Å². The Kier molecular flexibility index (Phi) is 6.49. The molecule has 0 aliphatic heterocycles. The van der Waals surface area contributed by atoms with Gasteiger partial charge >= 0.3 is 5.69 Å². The van der Waals surface area contributed by atoms with Gasteiger partial charge in [0.2, 0.25) is 5.91 Å². The number of carbonyl (C=O) groups excluding carboxylic acids is 1. The highest BCUT2D eigenvalue weighted by molar-refractivity contribution is 5.82. The zero-order valence-corrected chi connectivity index (χ0v) is 19.2. The van der Waals surface area contributed by atoms with Crippen LogP contribution >= 0.6 is 0 Å². The van der Waals surface area contributed by atoms with E-state index in [0.29, 0.717) is 34.6 Å². The Hall–Kier alpha value is -4.33. The highest BCUT2D eigenvalue weighted by atomic mass is 16.5. The van der Waals surface area contributed by atoms with E-state index >= 15 is 0 Å². The minimum Gasteiger partial charge on any atom is -0.493 e. The third kappa shape index (κ3) is 4.43. The summed E-state index contributed by atoms with van der Waals surface area (Å²) in [5.41, 5.74) is 1.68. The zero-order valence-electron chi connectivity index (χ0n) is 19.2. The van der Waals surface area contributed by atoms with Crippen LogP contribution in [0.2, 0.25) is 0 Å². The highest BCUT2D eigenvalue weighted by Crippen LogP contribution is 2.28. The minimum atomic E-state index is -0.624. The molecule has 0 unspecified atom stereocenters. The van der Waals surface area contributed by atoms with Gasteiger partial charge < -0.3 is 14.8 Å². The van der Waals surface area contributed by atoms with Crippen LogP contribution in [0.15, 0.2) is 76.3 Å². The summed E-state index contributed by atoms with van der Waals surface area (Å²) < 4.78 is 12.9. The molecule has 0 atom stereocenters. The summed E-state index contributed by atoms with van der Waals surface area (Å²) in [5, 5.41) is 3.17. The topological polar surface area (TPSA) is 91.6 Å². The fourth-order valence-corrected chi connectivity index (χ4v) is 3.77. The number of benzene rings is 3. The lowest BCUT2D eigenvalue weighted by Gasteiger charge is -2.15. The van der Waals surface area contributed by atoms with E-state index in [1.54, 1.807) is 42.5 Å². The van der Waals surface area contributed by atoms with Crippen molar-refractivity contribution in [3.63, 3.8) is 0 Å². The fourth-order valence-electron chi connectivity index (χ4n) is 3.77. The number of rotatable bonds is 7. The molecule has 4 aromatic rings. The monoisotopic (exact) mass is 459 g/mol. The molecule has 1 amide bonds. The third-order valence-corrected chi connectivity index (χ3v) is 5.59. The first-order valence-corrected chi connectivity index (χ1v) is 10.7. The smallest absolute Gasteiger partial charge is 0.336 e. The van der Waals surface area contributed by atoms with Crippen molar-refractivity contribution in [2.24, 2.45) is 0 Å². The average Bonchev–Trinajstić information content (AvgIpc) is 2.86. The molecule has 3 aromatic carbocycles. The molecule has 0 radical (unpaired) electrons. The molecule has 0 aliphatic carbocycles. The largest absolute Gasteiger partial charge is 0.493 e. The maximum absolute atomic E-state index is 13.5. The van der Waals surface area contributed by atoms with Crippen LogP contribution in [-0.4, -0.2) is 29.3 Å². The van der Waals surface area contributed by atoms with Crippen molar-refractivity contribution in [3.05, 3.63) is 98.7 Å². The van der Waals surface area contributed by atoms with Gasteiger partial charge in [0.1, 0.15) is 6.54 Å². The van der Waals surface area contributed by atoms with Crippen LogP contribution in [0.3, 0.4) is 0 Å². The maximum atomic E-state index is 13.5. The second-order valence-electron chi connectivity index (χ2n) is 7.83. The van der Waals surface area contributed by atoms with E-state index in [1.165, 1.54) is 18.8 Å². The Morgan fingerprint density at radius 2 is 1.62 bits per heavy atom. The number of amides is 1. The maximum Gasteiger partial charge on any atom is 0.336 e. The molecule has 0 fully saturated rings. The summed E-state index contributed by atoms with van der Waals surface area (Å²) in [7, 11) is 2.98. The molecule has 8 nitrogen and oxygen atoms in total. The summed E-state index contributed by atoms with van der Waals surface area (Å²) >= 11 is 0. The lowest BCUT2D eigenvalue weighted by molar-refractivity contribution is -0.121. The molecule has 0 spiro atoms. The number of carbonyl (C=O) groups is 1. The number of aryl methyl sites for hydroxylation is 1. The molecule has 0 bridgehead atoms. The van der Waals surface area contributed by atoms with Crippen LogP contribution in [0.25, 0.3) is 16.6 Å². The number of para-hydroxylation sites is 1. The molecular formula is C26H25N3O5. The van der Waals surface area contributed by atoms with Gasteiger partial charge in [-0.3, -0.25) is 14.2 Å². The SMILES string of the molecule is COc1ccc(-n2c(=O)c3ccccc3n(CC(=O)NCc3ccc(C)cc3)c2=O)cc1OC. The van der Waals surface area contributed by atoms with Crippen molar-refractivity contribution < 1.29 is 14.3 Å². The molecule has 174 valence electrons. The number of nitrogens with one attached hydrogen (secondary N) is 1. The lowest BCUT2D eigenvalue weighted by atomic mass is 10.1. The van der Waals surface area contributed by atoms with Gasteiger partial charge in [-0.15, -0.1) is 0 Å². The Balaban J connectivity index is 1.75. The Morgan fingerprint density at radius 3 is 2.32 bits per heavy atom. The lowest BCUT2D eigenvalue weighted by Crippen LogP contribution is -2.41. The standard InChI is InChI=1S/C26H25N3O5/c1-17-8-10-18(11-9-17)15-27-24(30)16-28-21-7-5-4-6-20(21)25(31)29(26(28)32)19-12-13-22(33-2)23(14-19)34-3/h4-14H,15-16H2,1-3H3,(H,27,30). The summed E-state index contributed by atoms with van der Waals surface area (Å²) in [6.45, 7) is 2.09. The number of methoxy groups -OCH3 is 2. The van der Waals surface area contributed by atoms with Crippen molar-refractivity contribution in [1.82, 2.24) is 14.5 Å². The second-order valence-corrected chi connectivity index (χ2v) is 7.83. The molecule has 1 N–H and O–H groups in total. The van der Waals surface area contributed by atoms with E-state index in [1.807, 2.05) is 31.2 Å². The van der Waals surface area contributed by atoms with Crippen LogP contribution in [0, 0.1) is 6.92 Å². The normalized spacial score (nSPS) is 10.8. The minimum absolute atomic E-state index is 0.237. The molecule has 1 aromatic heterocycles. The van der Waals surface area contributed by atoms with Crippen LogP contribution in [0.1, 0.15) is 11.1 Å². The molecule has 8 heteroatoms. The first-order valence-electron chi connectivity index (χ1n) is 10.7. The Morgan fingerprint density at radius 1 is 0.912 bits per heavy atom. The molecule has 0 saturated carbocycles. The van der Waals surface area contributed by atoms with E-state index in [9.17, 15) is 14.4 Å². The summed E-state index contributed by atoms with van der Waals surface area (Å²) in [6, 6.07) is 19.3. The summed E-state index contributed by atoms with van der Waals surface area (Å²) in [4.78, 5) is 39.5. The predicted octanol–water partition coefficient (Wildman–Crippen LogP) is 2.79. The van der Waals surface area contributed by atoms with E-state index in [0.717, 1.165) is 15.7 Å². The third-order valence-electron chi connectivity index (χ3n) is 5.59. The number of aromatic nitrogens is 2. The predicted molar refractivity (Wildman–Crippen MR) is 130 cm³/mol. The van der Waals surface area contributed by atoms with Crippen LogP contribution in [-0.2, 0) is 17.9 Å². The number of ether oxygens (including phenoxy) is 2. The number of hydrogen-bond acceptors (Lipinski definition) is 5. The quantitative estimate of drug-likeness (QED) is 0.459. The van der Waals surface area contributed by atoms with E-state index < -0.39 is 11.2 Å². The van der Waals surface area contributed by atoms with E-state index in [2.05, 4.69) is 5.32 Å². The zero-order chi connectivity index (χ0) is 24.2.